The summed E-state index contributed by atoms with van der Waals surface area (Å²) in [6.45, 7) is -0.142. The molecular formula is C25H21N3O4. The van der Waals surface area contributed by atoms with Gasteiger partial charge < -0.3 is 20.1 Å². The second-order valence-corrected chi connectivity index (χ2v) is 6.63. The molecule has 2 amide bonds. The van der Waals surface area contributed by atoms with Crippen LogP contribution in [0.5, 0.6) is 11.5 Å². The topological polar surface area (TPSA) is 100 Å². The lowest BCUT2D eigenvalue weighted by atomic mass is 10.1. The molecule has 0 radical (unpaired) electrons. The molecule has 7 heteroatoms. The third kappa shape index (κ3) is 6.47. The summed E-state index contributed by atoms with van der Waals surface area (Å²) in [7, 11) is 1.53. The van der Waals surface area contributed by atoms with E-state index >= 15 is 0 Å². The van der Waals surface area contributed by atoms with E-state index in [9.17, 15) is 14.9 Å². The number of ether oxygens (including phenoxy) is 2. The minimum atomic E-state index is -0.529. The fourth-order valence-corrected chi connectivity index (χ4v) is 2.74. The Hall–Kier alpha value is -4.57. The first-order valence-corrected chi connectivity index (χ1v) is 9.72. The quantitative estimate of drug-likeness (QED) is 0.413. The van der Waals surface area contributed by atoms with Crippen molar-refractivity contribution < 1.29 is 19.1 Å². The molecule has 0 aliphatic heterocycles. The van der Waals surface area contributed by atoms with Crippen LogP contribution in [0.25, 0.3) is 6.08 Å². The Bertz CT molecular complexity index is 1150. The lowest BCUT2D eigenvalue weighted by Crippen LogP contribution is -2.20. The van der Waals surface area contributed by atoms with E-state index in [-0.39, 0.29) is 18.1 Å². The first-order chi connectivity index (χ1) is 15.6. The van der Waals surface area contributed by atoms with Gasteiger partial charge in [0, 0.05) is 17.4 Å². The van der Waals surface area contributed by atoms with Crippen LogP contribution in [0.15, 0.2) is 84.4 Å². The second kappa shape index (κ2) is 11.0. The molecule has 0 aliphatic rings. The highest BCUT2D eigenvalue weighted by atomic mass is 16.5. The van der Waals surface area contributed by atoms with Crippen molar-refractivity contribution in [3.63, 3.8) is 0 Å². The zero-order chi connectivity index (χ0) is 22.8. The average molecular weight is 427 g/mol. The third-order valence-electron chi connectivity index (χ3n) is 4.31. The summed E-state index contributed by atoms with van der Waals surface area (Å²) in [5.41, 5.74) is 1.80. The molecule has 0 spiro atoms. The first kappa shape index (κ1) is 22.1. The number of para-hydroxylation sites is 1. The van der Waals surface area contributed by atoms with Crippen molar-refractivity contribution in [3.8, 4) is 17.6 Å². The van der Waals surface area contributed by atoms with E-state index in [4.69, 9.17) is 9.47 Å². The number of amides is 2. The molecule has 0 saturated heterocycles. The molecule has 0 aromatic heterocycles. The number of carbonyl (C=O) groups excluding carboxylic acids is 2. The van der Waals surface area contributed by atoms with Gasteiger partial charge in [0.25, 0.3) is 11.8 Å². The fourth-order valence-electron chi connectivity index (χ4n) is 2.74. The smallest absolute Gasteiger partial charge is 0.266 e. The molecule has 0 saturated carbocycles. The zero-order valence-corrected chi connectivity index (χ0v) is 17.4. The normalized spacial score (nSPS) is 10.6. The fraction of sp³-hybridized carbons (Fsp3) is 0.0800. The SMILES string of the molecule is COc1cccc(NC(=O)/C(C#N)=C/c2ccc(OCC(=O)Nc3ccccc3)cc2)c1. The molecule has 2 N–H and O–H groups in total. The molecule has 0 atom stereocenters. The predicted octanol–water partition coefficient (Wildman–Crippen LogP) is 4.26. The first-order valence-electron chi connectivity index (χ1n) is 9.72. The van der Waals surface area contributed by atoms with E-state index in [0.29, 0.717) is 28.4 Å². The summed E-state index contributed by atoms with van der Waals surface area (Å²) in [5.74, 6) is 0.280. The van der Waals surface area contributed by atoms with E-state index in [1.807, 2.05) is 24.3 Å². The molecule has 0 bridgehead atoms. The highest BCUT2D eigenvalue weighted by Crippen LogP contribution is 2.19. The molecule has 0 unspecified atom stereocenters. The maximum absolute atomic E-state index is 12.4. The summed E-state index contributed by atoms with van der Waals surface area (Å²) >= 11 is 0. The second-order valence-electron chi connectivity index (χ2n) is 6.63. The minimum Gasteiger partial charge on any atom is -0.497 e. The predicted molar refractivity (Wildman–Crippen MR) is 122 cm³/mol. The van der Waals surface area contributed by atoms with Gasteiger partial charge in [-0.25, -0.2) is 0 Å². The lowest BCUT2D eigenvalue weighted by Gasteiger charge is -2.08. The zero-order valence-electron chi connectivity index (χ0n) is 17.4. The Balaban J connectivity index is 1.58. The maximum atomic E-state index is 12.4. The Kier molecular flexibility index (Phi) is 7.60. The van der Waals surface area contributed by atoms with E-state index in [0.717, 1.165) is 0 Å². The number of hydrogen-bond acceptors (Lipinski definition) is 5. The number of benzene rings is 3. The third-order valence-corrected chi connectivity index (χ3v) is 4.31. The number of methoxy groups -OCH3 is 1. The van der Waals surface area contributed by atoms with Crippen molar-refractivity contribution in [1.82, 2.24) is 0 Å². The lowest BCUT2D eigenvalue weighted by molar-refractivity contribution is -0.118. The van der Waals surface area contributed by atoms with Gasteiger partial charge in [-0.15, -0.1) is 0 Å². The van der Waals surface area contributed by atoms with Gasteiger partial charge >= 0.3 is 0 Å². The summed E-state index contributed by atoms with van der Waals surface area (Å²) in [5, 5.41) is 14.8. The average Bonchev–Trinajstić information content (AvgIpc) is 2.82. The standard InChI is InChI=1S/C25H21N3O4/c1-31-23-9-5-8-21(15-23)28-25(30)19(16-26)14-18-10-12-22(13-11-18)32-17-24(29)27-20-6-3-2-4-7-20/h2-15H,17H2,1H3,(H,27,29)(H,28,30)/b19-14+. The van der Waals surface area contributed by atoms with Crippen molar-refractivity contribution in [3.05, 3.63) is 90.0 Å². The Labute approximate surface area is 185 Å². The van der Waals surface area contributed by atoms with Crippen LogP contribution in [0.3, 0.4) is 0 Å². The minimum absolute atomic E-state index is 0.0521. The monoisotopic (exact) mass is 427 g/mol. The molecule has 0 heterocycles. The number of anilines is 2. The van der Waals surface area contributed by atoms with Gasteiger partial charge in [-0.2, -0.15) is 5.26 Å². The van der Waals surface area contributed by atoms with E-state index in [1.54, 1.807) is 60.7 Å². The van der Waals surface area contributed by atoms with Crippen molar-refractivity contribution in [2.24, 2.45) is 0 Å². The molecule has 160 valence electrons. The van der Waals surface area contributed by atoms with Gasteiger partial charge in [-0.05, 0) is 48.0 Å². The molecule has 3 aromatic rings. The Morgan fingerprint density at radius 2 is 1.62 bits per heavy atom. The van der Waals surface area contributed by atoms with Crippen LogP contribution in [0.4, 0.5) is 11.4 Å². The molecule has 3 aromatic carbocycles. The highest BCUT2D eigenvalue weighted by Gasteiger charge is 2.10. The number of nitrogens with zero attached hydrogens (tertiary/aromatic N) is 1. The Morgan fingerprint density at radius 1 is 0.906 bits per heavy atom. The van der Waals surface area contributed by atoms with Gasteiger partial charge in [0.05, 0.1) is 7.11 Å². The molecule has 0 aliphatic carbocycles. The summed E-state index contributed by atoms with van der Waals surface area (Å²) in [6, 6.07) is 24.6. The van der Waals surface area contributed by atoms with Crippen LogP contribution in [0, 0.1) is 11.3 Å². The van der Waals surface area contributed by atoms with Crippen molar-refractivity contribution in [2.45, 2.75) is 0 Å². The van der Waals surface area contributed by atoms with E-state index in [1.165, 1.54) is 13.2 Å². The van der Waals surface area contributed by atoms with Crippen LogP contribution in [0.1, 0.15) is 5.56 Å². The van der Waals surface area contributed by atoms with Crippen molar-refractivity contribution >= 4 is 29.3 Å². The van der Waals surface area contributed by atoms with Gasteiger partial charge in [0.15, 0.2) is 6.61 Å². The van der Waals surface area contributed by atoms with Crippen LogP contribution in [-0.4, -0.2) is 25.5 Å². The van der Waals surface area contributed by atoms with E-state index < -0.39 is 5.91 Å². The van der Waals surface area contributed by atoms with Crippen molar-refractivity contribution in [2.75, 3.05) is 24.4 Å². The summed E-state index contributed by atoms with van der Waals surface area (Å²) < 4.78 is 10.6. The number of nitriles is 1. The van der Waals surface area contributed by atoms with Gasteiger partial charge in [-0.3, -0.25) is 9.59 Å². The van der Waals surface area contributed by atoms with Gasteiger partial charge in [-0.1, -0.05) is 36.4 Å². The van der Waals surface area contributed by atoms with Crippen LogP contribution >= 0.6 is 0 Å². The van der Waals surface area contributed by atoms with Crippen LogP contribution < -0.4 is 20.1 Å². The molecule has 32 heavy (non-hydrogen) atoms. The number of hydrogen-bond donors (Lipinski definition) is 2. The van der Waals surface area contributed by atoms with Gasteiger partial charge in [0.1, 0.15) is 23.1 Å². The van der Waals surface area contributed by atoms with Crippen LogP contribution in [-0.2, 0) is 9.59 Å². The summed E-state index contributed by atoms with van der Waals surface area (Å²) in [4.78, 5) is 24.4. The maximum Gasteiger partial charge on any atom is 0.266 e. The summed E-state index contributed by atoms with van der Waals surface area (Å²) in [6.07, 6.45) is 1.47. The largest absolute Gasteiger partial charge is 0.497 e. The Morgan fingerprint density at radius 3 is 2.31 bits per heavy atom. The number of nitrogens with one attached hydrogen (secondary N) is 2. The van der Waals surface area contributed by atoms with E-state index in [2.05, 4.69) is 10.6 Å². The molecular weight excluding hydrogens is 406 g/mol. The molecule has 0 fully saturated rings. The number of rotatable bonds is 8. The van der Waals surface area contributed by atoms with Crippen LogP contribution in [0.2, 0.25) is 0 Å². The molecule has 3 rings (SSSR count). The van der Waals surface area contributed by atoms with Crippen molar-refractivity contribution in [1.29, 1.82) is 5.26 Å². The molecule has 7 nitrogen and oxygen atoms in total. The number of carbonyl (C=O) groups is 2. The van der Waals surface area contributed by atoms with Gasteiger partial charge in [0.2, 0.25) is 0 Å². The highest BCUT2D eigenvalue weighted by molar-refractivity contribution is 6.09.